The summed E-state index contributed by atoms with van der Waals surface area (Å²) in [5.74, 6) is -4.58. The van der Waals surface area contributed by atoms with Crippen LogP contribution in [0, 0.1) is 0 Å². The number of likely N-dealkylation sites (N-methyl/N-ethyl adjacent to an activating group) is 1. The van der Waals surface area contributed by atoms with Crippen molar-refractivity contribution in [2.75, 3.05) is 6.54 Å². The van der Waals surface area contributed by atoms with Crippen molar-refractivity contribution in [3.63, 3.8) is 0 Å². The molecule has 0 spiro atoms. The van der Waals surface area contributed by atoms with Gasteiger partial charge in [-0.2, -0.15) is 8.78 Å². The van der Waals surface area contributed by atoms with Crippen molar-refractivity contribution in [1.29, 1.82) is 0 Å². The highest BCUT2D eigenvalue weighted by Gasteiger charge is 2.52. The van der Waals surface area contributed by atoms with E-state index in [9.17, 15) is 18.4 Å². The molecular formula is C7H9F2NO2. The van der Waals surface area contributed by atoms with E-state index in [-0.39, 0.29) is 6.54 Å². The summed E-state index contributed by atoms with van der Waals surface area (Å²) >= 11 is 0. The first-order valence-electron chi connectivity index (χ1n) is 3.67. The number of carbonyl (C=O) groups excluding carboxylic acids is 2. The average molecular weight is 177 g/mol. The van der Waals surface area contributed by atoms with Crippen molar-refractivity contribution in [3.05, 3.63) is 0 Å². The van der Waals surface area contributed by atoms with E-state index in [2.05, 4.69) is 0 Å². The predicted octanol–water partition coefficient (Wildman–Crippen LogP) is 0.441. The van der Waals surface area contributed by atoms with Crippen molar-refractivity contribution >= 4 is 12.2 Å². The summed E-state index contributed by atoms with van der Waals surface area (Å²) in [5.41, 5.74) is 0. The van der Waals surface area contributed by atoms with Crippen molar-refractivity contribution in [3.8, 4) is 0 Å². The topological polar surface area (TPSA) is 37.4 Å². The molecule has 0 radical (unpaired) electrons. The maximum atomic E-state index is 12.7. The molecule has 1 saturated heterocycles. The van der Waals surface area contributed by atoms with Gasteiger partial charge in [-0.05, 0) is 6.92 Å². The molecule has 12 heavy (non-hydrogen) atoms. The van der Waals surface area contributed by atoms with Gasteiger partial charge in [-0.25, -0.2) is 0 Å². The minimum Gasteiger partial charge on any atom is -0.328 e. The van der Waals surface area contributed by atoms with Gasteiger partial charge in [0.15, 0.2) is 0 Å². The summed E-state index contributed by atoms with van der Waals surface area (Å²) in [5, 5.41) is 0. The first-order chi connectivity index (χ1) is 5.53. The Kier molecular flexibility index (Phi) is 2.12. The third kappa shape index (κ3) is 1.19. The molecule has 1 amide bonds. The lowest BCUT2D eigenvalue weighted by Gasteiger charge is -2.16. The molecule has 0 aromatic heterocycles. The van der Waals surface area contributed by atoms with E-state index in [0.717, 1.165) is 4.90 Å². The molecule has 1 aliphatic rings. The van der Waals surface area contributed by atoms with E-state index in [1.165, 1.54) is 0 Å². The highest BCUT2D eigenvalue weighted by molar-refractivity contribution is 5.89. The molecule has 3 nitrogen and oxygen atoms in total. The van der Waals surface area contributed by atoms with Gasteiger partial charge < -0.3 is 9.69 Å². The van der Waals surface area contributed by atoms with Crippen LogP contribution in [0.25, 0.3) is 0 Å². The van der Waals surface area contributed by atoms with Crippen LogP contribution in [0.3, 0.4) is 0 Å². The van der Waals surface area contributed by atoms with Gasteiger partial charge in [-0.1, -0.05) is 0 Å². The molecule has 5 heteroatoms. The molecule has 0 bridgehead atoms. The number of carbonyl (C=O) groups is 2. The van der Waals surface area contributed by atoms with E-state index in [1.54, 1.807) is 6.92 Å². The first kappa shape index (κ1) is 9.09. The van der Waals surface area contributed by atoms with Crippen LogP contribution >= 0.6 is 0 Å². The van der Waals surface area contributed by atoms with Gasteiger partial charge in [0.05, 0.1) is 6.04 Å². The molecule has 1 rings (SSSR count). The van der Waals surface area contributed by atoms with Crippen LogP contribution in [-0.2, 0) is 9.59 Å². The Balaban J connectivity index is 2.86. The minimum absolute atomic E-state index is 0.151. The number of aldehydes is 1. The fourth-order valence-corrected chi connectivity index (χ4v) is 1.32. The van der Waals surface area contributed by atoms with E-state index in [4.69, 9.17) is 0 Å². The van der Waals surface area contributed by atoms with Crippen LogP contribution in [0.4, 0.5) is 8.78 Å². The van der Waals surface area contributed by atoms with Crippen LogP contribution in [0.1, 0.15) is 13.3 Å². The molecule has 0 aromatic carbocycles. The summed E-state index contributed by atoms with van der Waals surface area (Å²) in [6.45, 7) is 1.72. The number of likely N-dealkylation sites (tertiary alicyclic amines) is 1. The molecule has 0 aliphatic carbocycles. The molecule has 0 saturated carbocycles. The van der Waals surface area contributed by atoms with Gasteiger partial charge in [-0.3, -0.25) is 4.79 Å². The van der Waals surface area contributed by atoms with Crippen molar-refractivity contribution in [2.24, 2.45) is 0 Å². The van der Waals surface area contributed by atoms with Gasteiger partial charge >= 0.3 is 5.92 Å². The highest BCUT2D eigenvalue weighted by atomic mass is 19.3. The normalized spacial score (nSPS) is 27.8. The Morgan fingerprint density at radius 3 is 2.67 bits per heavy atom. The smallest absolute Gasteiger partial charge is 0.327 e. The summed E-state index contributed by atoms with van der Waals surface area (Å²) in [7, 11) is 0. The van der Waals surface area contributed by atoms with Crippen molar-refractivity contribution < 1.29 is 18.4 Å². The molecule has 1 fully saturated rings. The third-order valence-corrected chi connectivity index (χ3v) is 1.94. The maximum Gasteiger partial charge on any atom is 0.327 e. The van der Waals surface area contributed by atoms with Crippen LogP contribution in [0.2, 0.25) is 0 Å². The van der Waals surface area contributed by atoms with E-state index < -0.39 is 24.3 Å². The molecule has 68 valence electrons. The highest BCUT2D eigenvalue weighted by Crippen LogP contribution is 2.32. The van der Waals surface area contributed by atoms with Crippen LogP contribution < -0.4 is 0 Å². The molecule has 0 unspecified atom stereocenters. The summed E-state index contributed by atoms with van der Waals surface area (Å²) < 4.78 is 25.3. The Labute approximate surface area is 68.3 Å². The van der Waals surface area contributed by atoms with Gasteiger partial charge in [0, 0.05) is 13.0 Å². The standard InChI is InChI=1S/C7H9F2NO2/c1-2-10-5(4-11)3-7(8,9)6(10)12/h4-5H,2-3H2,1H3/t5-/m1/s1. The SMILES string of the molecule is CCN1C(=O)C(F)(F)C[C@@H]1C=O. The quantitative estimate of drug-likeness (QED) is 0.574. The lowest BCUT2D eigenvalue weighted by Crippen LogP contribution is -2.36. The van der Waals surface area contributed by atoms with Crippen LogP contribution in [0.15, 0.2) is 0 Å². The fourth-order valence-electron chi connectivity index (χ4n) is 1.32. The number of alkyl halides is 2. The summed E-state index contributed by atoms with van der Waals surface area (Å²) in [6.07, 6.45) is -0.286. The number of rotatable bonds is 2. The van der Waals surface area contributed by atoms with Crippen LogP contribution in [-0.4, -0.2) is 35.6 Å². The second-order valence-corrected chi connectivity index (χ2v) is 2.70. The zero-order chi connectivity index (χ0) is 9.35. The van der Waals surface area contributed by atoms with Gasteiger partial charge in [0.1, 0.15) is 6.29 Å². The Morgan fingerprint density at radius 2 is 2.33 bits per heavy atom. The molecule has 0 aromatic rings. The molecule has 0 N–H and O–H groups in total. The zero-order valence-electron chi connectivity index (χ0n) is 6.59. The lowest BCUT2D eigenvalue weighted by atomic mass is 10.2. The second kappa shape index (κ2) is 2.80. The van der Waals surface area contributed by atoms with Crippen molar-refractivity contribution in [1.82, 2.24) is 4.90 Å². The van der Waals surface area contributed by atoms with Gasteiger partial charge in [0.2, 0.25) is 0 Å². The monoisotopic (exact) mass is 177 g/mol. The van der Waals surface area contributed by atoms with Crippen molar-refractivity contribution in [2.45, 2.75) is 25.3 Å². The average Bonchev–Trinajstić information content (AvgIpc) is 2.24. The molecule has 1 aliphatic heterocycles. The Bertz CT molecular complexity index is 217. The van der Waals surface area contributed by atoms with Crippen LogP contribution in [0.5, 0.6) is 0 Å². The number of amides is 1. The Morgan fingerprint density at radius 1 is 1.75 bits per heavy atom. The summed E-state index contributed by atoms with van der Waals surface area (Å²) in [4.78, 5) is 22.0. The Hall–Kier alpha value is -1.00. The minimum atomic E-state index is -3.35. The van der Waals surface area contributed by atoms with E-state index >= 15 is 0 Å². The van der Waals surface area contributed by atoms with E-state index in [1.807, 2.05) is 0 Å². The van der Waals surface area contributed by atoms with Gasteiger partial charge in [0.25, 0.3) is 5.91 Å². The molecular weight excluding hydrogens is 168 g/mol. The molecule has 1 heterocycles. The number of halogens is 2. The number of hydrogen-bond donors (Lipinski definition) is 0. The van der Waals surface area contributed by atoms with Gasteiger partial charge in [-0.15, -0.1) is 0 Å². The largest absolute Gasteiger partial charge is 0.328 e. The maximum absolute atomic E-state index is 12.7. The molecule has 1 atom stereocenters. The summed E-state index contributed by atoms with van der Waals surface area (Å²) in [6, 6.07) is -0.947. The van der Waals surface area contributed by atoms with E-state index in [0.29, 0.717) is 6.29 Å². The third-order valence-electron chi connectivity index (χ3n) is 1.94. The second-order valence-electron chi connectivity index (χ2n) is 2.70. The fraction of sp³-hybridized carbons (Fsp3) is 0.714. The first-order valence-corrected chi connectivity index (χ1v) is 3.67. The zero-order valence-corrected chi connectivity index (χ0v) is 6.59. The predicted molar refractivity (Wildman–Crippen MR) is 36.8 cm³/mol. The number of hydrogen-bond acceptors (Lipinski definition) is 2. The lowest BCUT2D eigenvalue weighted by molar-refractivity contribution is -0.148. The number of nitrogens with zero attached hydrogens (tertiary/aromatic N) is 1.